The van der Waals surface area contributed by atoms with E-state index in [2.05, 4.69) is 85.6 Å². The van der Waals surface area contributed by atoms with Crippen molar-refractivity contribution in [3.63, 3.8) is 0 Å². The number of pyridine rings is 2. The van der Waals surface area contributed by atoms with Gasteiger partial charge in [-0.05, 0) is 59.0 Å². The van der Waals surface area contributed by atoms with Gasteiger partial charge in [-0.15, -0.1) is 0 Å². The second-order valence-electron chi connectivity index (χ2n) is 8.59. The van der Waals surface area contributed by atoms with Crippen LogP contribution < -0.4 is 0 Å². The molecule has 0 aliphatic carbocycles. The average molecular weight is 402 g/mol. The van der Waals surface area contributed by atoms with E-state index in [1.807, 2.05) is 6.07 Å². The highest BCUT2D eigenvalue weighted by molar-refractivity contribution is 6.10. The number of hydrogen-bond donors (Lipinski definition) is 0. The molecule has 150 valence electrons. The van der Waals surface area contributed by atoms with E-state index < -0.39 is 0 Å². The Kier molecular flexibility index (Phi) is 4.03. The Morgan fingerprint density at radius 3 is 2.58 bits per heavy atom. The van der Waals surface area contributed by atoms with Crippen molar-refractivity contribution < 1.29 is 4.42 Å². The standard InChI is InChI=1S/C28H22N2O/c1-17(2)15-19-16-25(30-24-13-12-18-7-3-4-8-20(18)26(19)24)23-10-5-9-21-22-11-6-14-29-28(22)31-27(21)23/h3-14,16-17H,15H2,1-2H3. The molecule has 3 heteroatoms. The van der Waals surface area contributed by atoms with E-state index in [9.17, 15) is 0 Å². The van der Waals surface area contributed by atoms with Gasteiger partial charge in [-0.2, -0.15) is 0 Å². The molecule has 3 aromatic heterocycles. The van der Waals surface area contributed by atoms with E-state index in [4.69, 9.17) is 9.40 Å². The SMILES string of the molecule is CC(C)Cc1cc(-c2cccc3c2oc2ncccc23)nc2ccc3ccccc3c12. The zero-order valence-corrected chi connectivity index (χ0v) is 17.6. The predicted molar refractivity (Wildman–Crippen MR) is 128 cm³/mol. The number of fused-ring (bicyclic) bond motifs is 6. The van der Waals surface area contributed by atoms with Crippen LogP contribution in [0.3, 0.4) is 0 Å². The van der Waals surface area contributed by atoms with Crippen molar-refractivity contribution in [1.82, 2.24) is 9.97 Å². The summed E-state index contributed by atoms with van der Waals surface area (Å²) in [4.78, 5) is 9.51. The zero-order chi connectivity index (χ0) is 20.9. The summed E-state index contributed by atoms with van der Waals surface area (Å²) >= 11 is 0. The molecule has 3 heterocycles. The lowest BCUT2D eigenvalue weighted by molar-refractivity contribution is 0.650. The normalized spacial score (nSPS) is 12.0. The largest absolute Gasteiger partial charge is 0.437 e. The van der Waals surface area contributed by atoms with Crippen LogP contribution in [0.4, 0.5) is 0 Å². The quantitative estimate of drug-likeness (QED) is 0.287. The topological polar surface area (TPSA) is 38.9 Å². The van der Waals surface area contributed by atoms with E-state index in [0.29, 0.717) is 11.6 Å². The highest BCUT2D eigenvalue weighted by atomic mass is 16.3. The average Bonchev–Trinajstić information content (AvgIpc) is 3.17. The maximum atomic E-state index is 6.19. The molecular formula is C28H22N2O. The molecular weight excluding hydrogens is 380 g/mol. The summed E-state index contributed by atoms with van der Waals surface area (Å²) in [5.41, 5.74) is 5.83. The second-order valence-corrected chi connectivity index (χ2v) is 8.59. The molecule has 0 spiro atoms. The fourth-order valence-electron chi connectivity index (χ4n) is 4.66. The minimum Gasteiger partial charge on any atom is -0.437 e. The Labute approximate surface area is 180 Å². The maximum Gasteiger partial charge on any atom is 0.227 e. The Morgan fingerprint density at radius 1 is 0.839 bits per heavy atom. The minimum atomic E-state index is 0.545. The lowest BCUT2D eigenvalue weighted by Gasteiger charge is -2.14. The maximum absolute atomic E-state index is 6.19. The molecule has 0 aliphatic rings. The van der Waals surface area contributed by atoms with E-state index in [1.54, 1.807) is 6.20 Å². The van der Waals surface area contributed by atoms with Gasteiger partial charge in [-0.3, -0.25) is 0 Å². The first-order chi connectivity index (χ1) is 15.2. The molecule has 0 N–H and O–H groups in total. The third kappa shape index (κ3) is 2.89. The van der Waals surface area contributed by atoms with Gasteiger partial charge >= 0.3 is 0 Å². The van der Waals surface area contributed by atoms with Gasteiger partial charge in [0.15, 0.2) is 0 Å². The van der Waals surface area contributed by atoms with E-state index in [1.165, 1.54) is 21.7 Å². The third-order valence-electron chi connectivity index (χ3n) is 5.96. The molecule has 0 fully saturated rings. The Bertz CT molecular complexity index is 1590. The monoisotopic (exact) mass is 402 g/mol. The van der Waals surface area contributed by atoms with Crippen molar-refractivity contribution in [2.45, 2.75) is 20.3 Å². The predicted octanol–water partition coefficient (Wildman–Crippen LogP) is 7.55. The number of hydrogen-bond acceptors (Lipinski definition) is 3. The molecule has 6 aromatic rings. The number of rotatable bonds is 3. The van der Waals surface area contributed by atoms with Crippen LogP contribution >= 0.6 is 0 Å². The third-order valence-corrected chi connectivity index (χ3v) is 5.96. The Balaban J connectivity index is 1.68. The van der Waals surface area contributed by atoms with Crippen LogP contribution in [0, 0.1) is 5.92 Å². The van der Waals surface area contributed by atoms with Crippen LogP contribution in [0.2, 0.25) is 0 Å². The molecule has 3 nitrogen and oxygen atoms in total. The number of nitrogens with zero attached hydrogens (tertiary/aromatic N) is 2. The molecule has 0 radical (unpaired) electrons. The highest BCUT2D eigenvalue weighted by Crippen LogP contribution is 2.37. The molecule has 0 amide bonds. The van der Waals surface area contributed by atoms with Gasteiger partial charge < -0.3 is 4.42 Å². The summed E-state index contributed by atoms with van der Waals surface area (Å²) in [6, 6.07) is 25.4. The summed E-state index contributed by atoms with van der Waals surface area (Å²) in [5, 5.41) is 5.88. The molecule has 0 aliphatic heterocycles. The fraction of sp³-hybridized carbons (Fsp3) is 0.143. The first-order valence-electron chi connectivity index (χ1n) is 10.8. The van der Waals surface area contributed by atoms with Crippen molar-refractivity contribution in [3.05, 3.63) is 84.6 Å². The molecule has 0 saturated carbocycles. The first kappa shape index (κ1) is 18.1. The van der Waals surface area contributed by atoms with Gasteiger partial charge in [0.05, 0.1) is 11.2 Å². The molecule has 0 bridgehead atoms. The first-order valence-corrected chi connectivity index (χ1v) is 10.8. The van der Waals surface area contributed by atoms with Crippen molar-refractivity contribution in [2.75, 3.05) is 0 Å². The minimum absolute atomic E-state index is 0.545. The van der Waals surface area contributed by atoms with E-state index >= 15 is 0 Å². The summed E-state index contributed by atoms with van der Waals surface area (Å²) in [7, 11) is 0. The molecule has 3 aromatic carbocycles. The number of furan rings is 1. The van der Waals surface area contributed by atoms with Gasteiger partial charge in [0.25, 0.3) is 0 Å². The van der Waals surface area contributed by atoms with Gasteiger partial charge in [-0.1, -0.05) is 56.3 Å². The summed E-state index contributed by atoms with van der Waals surface area (Å²) in [6.07, 6.45) is 2.77. The summed E-state index contributed by atoms with van der Waals surface area (Å²) in [6.45, 7) is 4.53. The van der Waals surface area contributed by atoms with Crippen LogP contribution in [0.25, 0.3) is 55.0 Å². The van der Waals surface area contributed by atoms with E-state index in [-0.39, 0.29) is 0 Å². The number of para-hydroxylation sites is 1. The van der Waals surface area contributed by atoms with Crippen LogP contribution in [0.5, 0.6) is 0 Å². The van der Waals surface area contributed by atoms with Crippen LogP contribution in [-0.2, 0) is 6.42 Å². The van der Waals surface area contributed by atoms with Crippen LogP contribution in [0.15, 0.2) is 83.4 Å². The molecule has 0 saturated heterocycles. The van der Waals surface area contributed by atoms with Gasteiger partial charge in [-0.25, -0.2) is 9.97 Å². The van der Waals surface area contributed by atoms with E-state index in [0.717, 1.165) is 39.6 Å². The second kappa shape index (κ2) is 6.92. The lowest BCUT2D eigenvalue weighted by atomic mass is 9.93. The van der Waals surface area contributed by atoms with Crippen molar-refractivity contribution in [3.8, 4) is 11.3 Å². The lowest BCUT2D eigenvalue weighted by Crippen LogP contribution is -1.99. The molecule has 6 rings (SSSR count). The smallest absolute Gasteiger partial charge is 0.227 e. The Morgan fingerprint density at radius 2 is 1.68 bits per heavy atom. The highest BCUT2D eigenvalue weighted by Gasteiger charge is 2.16. The van der Waals surface area contributed by atoms with Crippen molar-refractivity contribution >= 4 is 43.7 Å². The number of aromatic nitrogens is 2. The summed E-state index contributed by atoms with van der Waals surface area (Å²) < 4.78 is 6.19. The Hall–Kier alpha value is -3.72. The molecule has 0 unspecified atom stereocenters. The molecule has 31 heavy (non-hydrogen) atoms. The summed E-state index contributed by atoms with van der Waals surface area (Å²) in [5.74, 6) is 0.545. The number of benzene rings is 3. The van der Waals surface area contributed by atoms with Crippen molar-refractivity contribution in [1.29, 1.82) is 0 Å². The van der Waals surface area contributed by atoms with Crippen LogP contribution in [-0.4, -0.2) is 9.97 Å². The molecule has 0 atom stereocenters. The van der Waals surface area contributed by atoms with Crippen molar-refractivity contribution in [2.24, 2.45) is 5.92 Å². The van der Waals surface area contributed by atoms with Gasteiger partial charge in [0.2, 0.25) is 5.71 Å². The van der Waals surface area contributed by atoms with Gasteiger partial charge in [0.1, 0.15) is 5.58 Å². The fourth-order valence-corrected chi connectivity index (χ4v) is 4.66. The van der Waals surface area contributed by atoms with Crippen LogP contribution in [0.1, 0.15) is 19.4 Å². The zero-order valence-electron chi connectivity index (χ0n) is 17.6. The van der Waals surface area contributed by atoms with Gasteiger partial charge in [0, 0.05) is 27.9 Å².